The van der Waals surface area contributed by atoms with Gasteiger partial charge in [-0.2, -0.15) is 0 Å². The summed E-state index contributed by atoms with van der Waals surface area (Å²) in [7, 11) is 0. The molecule has 0 heterocycles. The summed E-state index contributed by atoms with van der Waals surface area (Å²) in [5.41, 5.74) is 2.53. The minimum atomic E-state index is -0.582. The molecule has 0 bridgehead atoms. The largest absolute Gasteiger partial charge is 0.352 e. The van der Waals surface area contributed by atoms with Crippen molar-refractivity contribution < 1.29 is 9.72 Å². The van der Waals surface area contributed by atoms with Crippen LogP contribution in [-0.2, 0) is 0 Å². The van der Waals surface area contributed by atoms with Crippen LogP contribution in [-0.4, -0.2) is 17.4 Å². The maximum absolute atomic E-state index is 11.9. The van der Waals surface area contributed by atoms with Crippen LogP contribution in [0.2, 0.25) is 0 Å². The smallest absolute Gasteiger partial charge is 0.294 e. The van der Waals surface area contributed by atoms with Crippen molar-refractivity contribution in [3.8, 4) is 0 Å². The van der Waals surface area contributed by atoms with Gasteiger partial charge in [0.25, 0.3) is 11.6 Å². The number of hydrazine groups is 1. The molecule has 0 unspecified atom stereocenters. The number of hydrogen-bond donors (Lipinski definition) is 3. The number of nitro benzene ring substituents is 1. The number of nitrogens with two attached hydrogens (primary N) is 1. The van der Waals surface area contributed by atoms with Crippen molar-refractivity contribution in [2.24, 2.45) is 11.3 Å². The van der Waals surface area contributed by atoms with E-state index in [0.717, 1.165) is 6.42 Å². The van der Waals surface area contributed by atoms with Crippen LogP contribution in [0.5, 0.6) is 0 Å². The molecule has 0 aliphatic carbocycles. The SMILES string of the molecule is CC(C)(C)CCNC(=O)c1ccc(NN)c([N+](=O)[O-])c1. The summed E-state index contributed by atoms with van der Waals surface area (Å²) in [6, 6.07) is 4.12. The number of amides is 1. The highest BCUT2D eigenvalue weighted by atomic mass is 16.6. The second-order valence-electron chi connectivity index (χ2n) is 5.70. The number of benzene rings is 1. The number of hydrogen-bond acceptors (Lipinski definition) is 5. The quantitative estimate of drug-likeness (QED) is 0.434. The Hall–Kier alpha value is -2.15. The molecule has 0 radical (unpaired) electrons. The lowest BCUT2D eigenvalue weighted by Gasteiger charge is -2.18. The molecule has 0 saturated heterocycles. The number of rotatable bonds is 5. The number of nitro groups is 1. The van der Waals surface area contributed by atoms with Crippen LogP contribution in [0.15, 0.2) is 18.2 Å². The van der Waals surface area contributed by atoms with E-state index < -0.39 is 4.92 Å². The van der Waals surface area contributed by atoms with Crippen LogP contribution in [0.25, 0.3) is 0 Å². The third kappa shape index (κ3) is 4.51. The lowest BCUT2D eigenvalue weighted by atomic mass is 9.92. The molecule has 4 N–H and O–H groups in total. The third-order valence-corrected chi connectivity index (χ3v) is 2.77. The van der Waals surface area contributed by atoms with Crippen molar-refractivity contribution >= 4 is 17.3 Å². The van der Waals surface area contributed by atoms with Crippen LogP contribution in [0, 0.1) is 15.5 Å². The fourth-order valence-corrected chi connectivity index (χ4v) is 1.60. The number of anilines is 1. The van der Waals surface area contributed by atoms with E-state index in [1.807, 2.05) is 0 Å². The van der Waals surface area contributed by atoms with Gasteiger partial charge in [-0.1, -0.05) is 20.8 Å². The summed E-state index contributed by atoms with van der Waals surface area (Å²) >= 11 is 0. The fraction of sp³-hybridized carbons (Fsp3) is 0.462. The summed E-state index contributed by atoms with van der Waals surface area (Å²) in [6.07, 6.45) is 0.823. The molecular formula is C13H20N4O3. The first-order chi connectivity index (χ1) is 9.24. The molecule has 0 aromatic heterocycles. The zero-order valence-corrected chi connectivity index (χ0v) is 11.9. The predicted molar refractivity (Wildman–Crippen MR) is 77.3 cm³/mol. The zero-order valence-electron chi connectivity index (χ0n) is 11.9. The van der Waals surface area contributed by atoms with Gasteiger partial charge in [-0.25, -0.2) is 0 Å². The van der Waals surface area contributed by atoms with Gasteiger partial charge in [0.1, 0.15) is 5.69 Å². The number of nitrogens with zero attached hydrogens (tertiary/aromatic N) is 1. The average molecular weight is 280 g/mol. The van der Waals surface area contributed by atoms with Crippen molar-refractivity contribution in [2.75, 3.05) is 12.0 Å². The molecule has 0 fully saturated rings. The Kier molecular flexibility index (Phi) is 5.04. The van der Waals surface area contributed by atoms with Crippen molar-refractivity contribution in [1.82, 2.24) is 5.32 Å². The summed E-state index contributed by atoms with van der Waals surface area (Å²) in [5.74, 6) is 4.86. The average Bonchev–Trinajstić information content (AvgIpc) is 2.36. The van der Waals surface area contributed by atoms with Gasteiger partial charge >= 0.3 is 0 Å². The van der Waals surface area contributed by atoms with Gasteiger partial charge < -0.3 is 10.7 Å². The molecule has 1 aromatic carbocycles. The lowest BCUT2D eigenvalue weighted by molar-refractivity contribution is -0.384. The summed E-state index contributed by atoms with van der Waals surface area (Å²) in [6.45, 7) is 6.75. The zero-order chi connectivity index (χ0) is 15.3. The van der Waals surface area contributed by atoms with Crippen molar-refractivity contribution in [3.63, 3.8) is 0 Å². The van der Waals surface area contributed by atoms with Gasteiger partial charge in [-0.05, 0) is 24.0 Å². The van der Waals surface area contributed by atoms with Gasteiger partial charge in [0.05, 0.1) is 4.92 Å². The molecule has 0 spiro atoms. The minimum Gasteiger partial charge on any atom is -0.352 e. The van der Waals surface area contributed by atoms with Crippen molar-refractivity contribution in [1.29, 1.82) is 0 Å². The van der Waals surface area contributed by atoms with Gasteiger partial charge in [0.2, 0.25) is 0 Å². The molecule has 110 valence electrons. The standard InChI is InChI=1S/C13H20N4O3/c1-13(2,3)6-7-15-12(18)9-4-5-10(16-14)11(8-9)17(19)20/h4-5,8,16H,6-7,14H2,1-3H3,(H,15,18). The van der Waals surface area contributed by atoms with Gasteiger partial charge in [0, 0.05) is 18.2 Å². The predicted octanol–water partition coefficient (Wildman–Crippen LogP) is 2.05. The topological polar surface area (TPSA) is 110 Å². The minimum absolute atomic E-state index is 0.118. The molecule has 0 aliphatic heterocycles. The van der Waals surface area contributed by atoms with E-state index >= 15 is 0 Å². The monoisotopic (exact) mass is 280 g/mol. The Morgan fingerprint density at radius 3 is 2.55 bits per heavy atom. The van der Waals surface area contributed by atoms with Crippen molar-refractivity contribution in [2.45, 2.75) is 27.2 Å². The Morgan fingerprint density at radius 2 is 2.05 bits per heavy atom. The van der Waals surface area contributed by atoms with Crippen LogP contribution in [0.1, 0.15) is 37.6 Å². The number of nitrogen functional groups attached to an aromatic ring is 1. The van der Waals surface area contributed by atoms with Crippen LogP contribution >= 0.6 is 0 Å². The highest BCUT2D eigenvalue weighted by Gasteiger charge is 2.17. The number of carbonyl (C=O) groups is 1. The van der Waals surface area contributed by atoms with E-state index in [9.17, 15) is 14.9 Å². The van der Waals surface area contributed by atoms with E-state index in [4.69, 9.17) is 5.84 Å². The van der Waals surface area contributed by atoms with Gasteiger partial charge in [-0.15, -0.1) is 0 Å². The maximum atomic E-state index is 11.9. The molecule has 0 atom stereocenters. The van der Waals surface area contributed by atoms with Crippen molar-refractivity contribution in [3.05, 3.63) is 33.9 Å². The van der Waals surface area contributed by atoms with Crippen LogP contribution < -0.4 is 16.6 Å². The molecule has 0 saturated carbocycles. The second kappa shape index (κ2) is 6.33. The van der Waals surface area contributed by atoms with Crippen LogP contribution in [0.4, 0.5) is 11.4 Å². The molecular weight excluding hydrogens is 260 g/mol. The normalized spacial score (nSPS) is 11.0. The highest BCUT2D eigenvalue weighted by molar-refractivity contribution is 5.95. The maximum Gasteiger partial charge on any atom is 0.294 e. The van der Waals surface area contributed by atoms with E-state index in [1.165, 1.54) is 18.2 Å². The number of carbonyl (C=O) groups excluding carboxylic acids is 1. The molecule has 0 aliphatic rings. The second-order valence-corrected chi connectivity index (χ2v) is 5.70. The molecule has 1 rings (SSSR count). The lowest BCUT2D eigenvalue weighted by Crippen LogP contribution is -2.27. The molecule has 20 heavy (non-hydrogen) atoms. The molecule has 7 heteroatoms. The number of nitrogens with one attached hydrogen (secondary N) is 2. The summed E-state index contributed by atoms with van der Waals surface area (Å²) in [4.78, 5) is 22.2. The molecule has 1 aromatic rings. The van der Waals surface area contributed by atoms with E-state index in [-0.39, 0.29) is 28.3 Å². The van der Waals surface area contributed by atoms with Gasteiger partial charge in [-0.3, -0.25) is 20.8 Å². The third-order valence-electron chi connectivity index (χ3n) is 2.77. The summed E-state index contributed by atoms with van der Waals surface area (Å²) in [5, 5.41) is 13.6. The van der Waals surface area contributed by atoms with Gasteiger partial charge in [0.15, 0.2) is 0 Å². The Labute approximate surface area is 117 Å². The van der Waals surface area contributed by atoms with E-state index in [1.54, 1.807) is 0 Å². The molecule has 1 amide bonds. The first-order valence-corrected chi connectivity index (χ1v) is 6.28. The molecule has 7 nitrogen and oxygen atoms in total. The van der Waals surface area contributed by atoms with E-state index in [2.05, 4.69) is 31.5 Å². The summed E-state index contributed by atoms with van der Waals surface area (Å²) < 4.78 is 0. The Morgan fingerprint density at radius 1 is 1.40 bits per heavy atom. The Bertz CT molecular complexity index is 509. The Balaban J connectivity index is 2.79. The first kappa shape index (κ1) is 15.9. The highest BCUT2D eigenvalue weighted by Crippen LogP contribution is 2.24. The fourth-order valence-electron chi connectivity index (χ4n) is 1.60. The first-order valence-electron chi connectivity index (χ1n) is 6.28. The van der Waals surface area contributed by atoms with Crippen LogP contribution in [0.3, 0.4) is 0 Å². The van der Waals surface area contributed by atoms with E-state index in [0.29, 0.717) is 6.54 Å².